The van der Waals surface area contributed by atoms with Crippen LogP contribution >= 0.6 is 0 Å². The highest BCUT2D eigenvalue weighted by molar-refractivity contribution is 6.62. The number of halogens is 2. The topological polar surface area (TPSA) is 40.5 Å². The summed E-state index contributed by atoms with van der Waals surface area (Å²) >= 11 is 0. The smallest absolute Gasteiger partial charge is 0.399 e. The lowest BCUT2D eigenvalue weighted by Gasteiger charge is -2.32. The molecule has 0 unspecified atom stereocenters. The molecule has 7 heteroatoms. The molecule has 0 atom stereocenters. The van der Waals surface area contributed by atoms with Gasteiger partial charge in [-0.3, -0.25) is 9.36 Å². The first-order valence-electron chi connectivity index (χ1n) is 9.49. The maximum Gasteiger partial charge on any atom is 0.494 e. The van der Waals surface area contributed by atoms with Crippen LogP contribution in [0.1, 0.15) is 39.7 Å². The van der Waals surface area contributed by atoms with Gasteiger partial charge in [0.2, 0.25) is 0 Å². The number of pyridine rings is 1. The predicted octanol–water partition coefficient (Wildman–Crippen LogP) is 4.23. The first kappa shape index (κ1) is 19.8. The molecular formula is C22H22BF2NO3. The number of fused-ring (bicyclic) bond motifs is 1. The number of alkyl halides is 2. The normalized spacial score (nSPS) is 18.0. The van der Waals surface area contributed by atoms with Crippen molar-refractivity contribution in [3.63, 3.8) is 0 Å². The zero-order valence-corrected chi connectivity index (χ0v) is 16.8. The van der Waals surface area contributed by atoms with E-state index in [1.165, 1.54) is 10.8 Å². The SMILES string of the molecule is CC1(C)OB(c2ccc3c(C(F)F)cn(-c4ccccc4)c(=O)c3c2)OC1(C)C. The zero-order chi connectivity index (χ0) is 21.0. The van der Waals surface area contributed by atoms with Crippen molar-refractivity contribution in [2.45, 2.75) is 45.3 Å². The van der Waals surface area contributed by atoms with Gasteiger partial charge in [0.05, 0.1) is 11.2 Å². The Kier molecular flexibility index (Phi) is 4.63. The number of rotatable bonds is 3. The second kappa shape index (κ2) is 6.78. The number of nitrogens with zero attached hydrogens (tertiary/aromatic N) is 1. The van der Waals surface area contributed by atoms with Crippen LogP contribution in [0.25, 0.3) is 16.5 Å². The molecule has 1 fully saturated rings. The van der Waals surface area contributed by atoms with Crippen LogP contribution in [0.5, 0.6) is 0 Å². The second-order valence-electron chi connectivity index (χ2n) is 8.29. The van der Waals surface area contributed by atoms with Gasteiger partial charge < -0.3 is 9.31 Å². The van der Waals surface area contributed by atoms with E-state index in [0.29, 0.717) is 11.2 Å². The molecule has 29 heavy (non-hydrogen) atoms. The minimum atomic E-state index is -2.71. The van der Waals surface area contributed by atoms with E-state index in [4.69, 9.17) is 9.31 Å². The fraction of sp³-hybridized carbons (Fsp3) is 0.318. The minimum absolute atomic E-state index is 0.191. The third-order valence-corrected chi connectivity index (χ3v) is 5.87. The lowest BCUT2D eigenvalue weighted by Crippen LogP contribution is -2.41. The molecule has 0 bridgehead atoms. The number of aromatic nitrogens is 1. The van der Waals surface area contributed by atoms with Gasteiger partial charge in [-0.1, -0.05) is 30.3 Å². The molecular weight excluding hydrogens is 375 g/mol. The van der Waals surface area contributed by atoms with Crippen LogP contribution in [-0.4, -0.2) is 22.9 Å². The standard InChI is InChI=1S/C22H22BF2NO3/c1-21(2)22(3,4)29-23(28-21)14-10-11-16-17(12-14)20(27)26(13-18(16)19(24)25)15-8-6-5-7-9-15/h5-13,19H,1-4H3. The number of benzene rings is 2. The Hall–Kier alpha value is -2.51. The van der Waals surface area contributed by atoms with E-state index in [0.717, 1.165) is 0 Å². The van der Waals surface area contributed by atoms with E-state index in [2.05, 4.69) is 0 Å². The van der Waals surface area contributed by atoms with Crippen molar-refractivity contribution in [1.82, 2.24) is 4.57 Å². The van der Waals surface area contributed by atoms with Gasteiger partial charge in [-0.15, -0.1) is 0 Å². The van der Waals surface area contributed by atoms with E-state index in [-0.39, 0.29) is 21.9 Å². The van der Waals surface area contributed by atoms with Crippen LogP contribution < -0.4 is 11.0 Å². The Balaban J connectivity index is 1.90. The Bertz CT molecular complexity index is 1110. The zero-order valence-electron chi connectivity index (χ0n) is 16.8. The molecule has 1 aliphatic rings. The summed E-state index contributed by atoms with van der Waals surface area (Å²) < 4.78 is 40.9. The molecule has 1 aliphatic heterocycles. The van der Waals surface area contributed by atoms with E-state index in [9.17, 15) is 13.6 Å². The minimum Gasteiger partial charge on any atom is -0.399 e. The van der Waals surface area contributed by atoms with Crippen LogP contribution in [0.4, 0.5) is 8.78 Å². The average Bonchev–Trinajstić information content (AvgIpc) is 2.89. The fourth-order valence-corrected chi connectivity index (χ4v) is 3.47. The molecule has 0 N–H and O–H groups in total. The molecule has 0 spiro atoms. The van der Waals surface area contributed by atoms with Gasteiger partial charge in [-0.2, -0.15) is 0 Å². The Morgan fingerprint density at radius 1 is 0.931 bits per heavy atom. The summed E-state index contributed by atoms with van der Waals surface area (Å²) in [5, 5.41) is 0.441. The van der Waals surface area contributed by atoms with E-state index in [1.807, 2.05) is 27.7 Å². The molecule has 3 aromatic rings. The molecule has 0 amide bonds. The molecule has 2 aromatic carbocycles. The van der Waals surface area contributed by atoms with Crippen LogP contribution in [-0.2, 0) is 9.31 Å². The van der Waals surface area contributed by atoms with Crippen LogP contribution in [0.3, 0.4) is 0 Å². The third kappa shape index (κ3) is 3.28. The summed E-state index contributed by atoms with van der Waals surface area (Å²) in [5.41, 5.74) is -0.483. The molecule has 4 rings (SSSR count). The summed E-state index contributed by atoms with van der Waals surface area (Å²) in [6.45, 7) is 7.74. The summed E-state index contributed by atoms with van der Waals surface area (Å²) in [6, 6.07) is 13.6. The fourth-order valence-electron chi connectivity index (χ4n) is 3.47. The van der Waals surface area contributed by atoms with E-state index >= 15 is 0 Å². The molecule has 1 aromatic heterocycles. The molecule has 1 saturated heterocycles. The predicted molar refractivity (Wildman–Crippen MR) is 110 cm³/mol. The highest BCUT2D eigenvalue weighted by atomic mass is 19.3. The second-order valence-corrected chi connectivity index (χ2v) is 8.29. The summed E-state index contributed by atoms with van der Waals surface area (Å²) in [6.07, 6.45) is -1.49. The molecule has 4 nitrogen and oxygen atoms in total. The Morgan fingerprint density at radius 3 is 2.14 bits per heavy atom. The molecule has 2 heterocycles. The van der Waals surface area contributed by atoms with Crippen molar-refractivity contribution in [1.29, 1.82) is 0 Å². The van der Waals surface area contributed by atoms with Gasteiger partial charge in [-0.05, 0) is 56.7 Å². The van der Waals surface area contributed by atoms with Crippen molar-refractivity contribution >= 4 is 23.4 Å². The Labute approximate surface area is 168 Å². The van der Waals surface area contributed by atoms with Crippen molar-refractivity contribution < 1.29 is 18.1 Å². The summed E-state index contributed by atoms with van der Waals surface area (Å²) in [7, 11) is -0.677. The van der Waals surface area contributed by atoms with Crippen molar-refractivity contribution in [2.75, 3.05) is 0 Å². The molecule has 150 valence electrons. The number of hydrogen-bond acceptors (Lipinski definition) is 3. The molecule has 0 aliphatic carbocycles. The van der Waals surface area contributed by atoms with Gasteiger partial charge in [-0.25, -0.2) is 8.78 Å². The first-order valence-corrected chi connectivity index (χ1v) is 9.49. The summed E-state index contributed by atoms with van der Waals surface area (Å²) in [4.78, 5) is 13.2. The monoisotopic (exact) mass is 397 g/mol. The highest BCUT2D eigenvalue weighted by Crippen LogP contribution is 2.36. The Morgan fingerprint density at radius 2 is 1.55 bits per heavy atom. The van der Waals surface area contributed by atoms with Gasteiger partial charge in [0.1, 0.15) is 0 Å². The highest BCUT2D eigenvalue weighted by Gasteiger charge is 2.51. The quantitative estimate of drug-likeness (QED) is 0.622. The molecule has 0 saturated carbocycles. The van der Waals surface area contributed by atoms with Crippen molar-refractivity contribution in [3.05, 3.63) is 70.6 Å². The van der Waals surface area contributed by atoms with Crippen LogP contribution in [0.2, 0.25) is 0 Å². The lowest BCUT2D eigenvalue weighted by atomic mass is 9.78. The first-order chi connectivity index (χ1) is 13.6. The van der Waals surface area contributed by atoms with E-state index < -0.39 is 24.7 Å². The third-order valence-electron chi connectivity index (χ3n) is 5.87. The van der Waals surface area contributed by atoms with Gasteiger partial charge in [0.15, 0.2) is 0 Å². The van der Waals surface area contributed by atoms with Crippen LogP contribution in [0.15, 0.2) is 59.5 Å². The number of hydrogen-bond donors (Lipinski definition) is 0. The summed E-state index contributed by atoms with van der Waals surface area (Å²) in [5.74, 6) is 0. The maximum atomic E-state index is 13.8. The van der Waals surface area contributed by atoms with Gasteiger partial charge in [0, 0.05) is 22.8 Å². The largest absolute Gasteiger partial charge is 0.494 e. The number of para-hydroxylation sites is 1. The lowest BCUT2D eigenvalue weighted by molar-refractivity contribution is 0.00578. The van der Waals surface area contributed by atoms with Crippen molar-refractivity contribution in [3.8, 4) is 5.69 Å². The molecule has 0 radical (unpaired) electrons. The van der Waals surface area contributed by atoms with Gasteiger partial charge >= 0.3 is 7.12 Å². The van der Waals surface area contributed by atoms with Crippen LogP contribution in [0, 0.1) is 0 Å². The van der Waals surface area contributed by atoms with Gasteiger partial charge in [0.25, 0.3) is 12.0 Å². The van der Waals surface area contributed by atoms with Crippen molar-refractivity contribution in [2.24, 2.45) is 0 Å². The average molecular weight is 397 g/mol. The van der Waals surface area contributed by atoms with E-state index in [1.54, 1.807) is 48.5 Å². The maximum absolute atomic E-state index is 13.8.